The zero-order valence-corrected chi connectivity index (χ0v) is 12.4. The van der Waals surface area contributed by atoms with Gasteiger partial charge in [-0.3, -0.25) is 9.48 Å². The third kappa shape index (κ3) is 3.85. The van der Waals surface area contributed by atoms with Crippen LogP contribution in [0.15, 0.2) is 42.6 Å². The molecule has 1 aromatic carbocycles. The fourth-order valence-corrected chi connectivity index (χ4v) is 2.46. The maximum atomic E-state index is 11.9. The molecule has 0 unspecified atom stereocenters. The first kappa shape index (κ1) is 14.6. The van der Waals surface area contributed by atoms with E-state index in [0.29, 0.717) is 24.9 Å². The Balaban J connectivity index is 1.43. The van der Waals surface area contributed by atoms with Crippen molar-refractivity contribution in [1.82, 2.24) is 15.1 Å². The van der Waals surface area contributed by atoms with E-state index >= 15 is 0 Å². The Hall–Kier alpha value is -2.34. The normalized spacial score (nSPS) is 17.4. The van der Waals surface area contributed by atoms with Crippen LogP contribution in [0, 0.1) is 0 Å². The highest BCUT2D eigenvalue weighted by atomic mass is 16.5. The number of ether oxygens (including phenoxy) is 1. The molecule has 1 saturated heterocycles. The van der Waals surface area contributed by atoms with Crippen molar-refractivity contribution < 1.29 is 9.53 Å². The Labute approximate surface area is 129 Å². The Morgan fingerprint density at radius 2 is 2.23 bits per heavy atom. The van der Waals surface area contributed by atoms with Crippen molar-refractivity contribution in [1.29, 1.82) is 0 Å². The van der Waals surface area contributed by atoms with Gasteiger partial charge in [-0.05, 0) is 25.1 Å². The number of benzene rings is 1. The van der Waals surface area contributed by atoms with E-state index in [4.69, 9.17) is 4.74 Å². The van der Waals surface area contributed by atoms with Gasteiger partial charge in [0.05, 0.1) is 19.1 Å². The molecular weight excluding hydrogens is 280 g/mol. The first-order valence-corrected chi connectivity index (χ1v) is 7.55. The summed E-state index contributed by atoms with van der Waals surface area (Å²) in [5.41, 5.74) is 0. The van der Waals surface area contributed by atoms with Gasteiger partial charge in [0.15, 0.2) is 5.82 Å². The molecule has 2 N–H and O–H groups in total. The molecule has 0 spiro atoms. The van der Waals surface area contributed by atoms with E-state index in [-0.39, 0.29) is 5.91 Å². The number of para-hydroxylation sites is 1. The first-order valence-electron chi connectivity index (χ1n) is 7.55. The van der Waals surface area contributed by atoms with Crippen LogP contribution in [0.25, 0.3) is 0 Å². The number of aromatic nitrogens is 2. The summed E-state index contributed by atoms with van der Waals surface area (Å²) in [4.78, 5) is 11.9. The highest BCUT2D eigenvalue weighted by Gasteiger charge is 2.17. The number of nitrogens with one attached hydrogen (secondary N) is 2. The average molecular weight is 300 g/mol. The maximum Gasteiger partial charge on any atom is 0.229 e. The van der Waals surface area contributed by atoms with E-state index in [9.17, 15) is 4.79 Å². The fourth-order valence-electron chi connectivity index (χ4n) is 2.46. The molecule has 1 aliphatic rings. The van der Waals surface area contributed by atoms with Crippen LogP contribution in [-0.4, -0.2) is 35.4 Å². The number of anilines is 1. The summed E-state index contributed by atoms with van der Waals surface area (Å²) in [5.74, 6) is 1.27. The van der Waals surface area contributed by atoms with Crippen molar-refractivity contribution >= 4 is 11.7 Å². The molecule has 1 amide bonds. The highest BCUT2D eigenvalue weighted by Crippen LogP contribution is 2.16. The SMILES string of the molecule is O=C(CCOc1ccccc1)Nc1ccn([C@@H]2CCNC2)n1. The summed E-state index contributed by atoms with van der Waals surface area (Å²) in [6, 6.07) is 11.7. The minimum Gasteiger partial charge on any atom is -0.493 e. The molecule has 22 heavy (non-hydrogen) atoms. The van der Waals surface area contributed by atoms with Crippen molar-refractivity contribution in [2.45, 2.75) is 18.9 Å². The Morgan fingerprint density at radius 1 is 1.36 bits per heavy atom. The molecule has 0 bridgehead atoms. The van der Waals surface area contributed by atoms with Crippen LogP contribution in [0.5, 0.6) is 5.75 Å². The molecule has 6 heteroatoms. The monoisotopic (exact) mass is 300 g/mol. The van der Waals surface area contributed by atoms with Crippen LogP contribution < -0.4 is 15.4 Å². The van der Waals surface area contributed by atoms with E-state index in [0.717, 1.165) is 25.3 Å². The van der Waals surface area contributed by atoms with Crippen molar-refractivity contribution in [2.24, 2.45) is 0 Å². The lowest BCUT2D eigenvalue weighted by Gasteiger charge is -2.08. The van der Waals surface area contributed by atoms with Crippen LogP contribution in [0.4, 0.5) is 5.82 Å². The minimum atomic E-state index is -0.0919. The number of rotatable bonds is 6. The molecule has 2 heterocycles. The van der Waals surface area contributed by atoms with Crippen LogP contribution in [0.2, 0.25) is 0 Å². The number of hydrogen-bond acceptors (Lipinski definition) is 4. The van der Waals surface area contributed by atoms with Gasteiger partial charge in [0.2, 0.25) is 5.91 Å². The number of nitrogens with zero attached hydrogens (tertiary/aromatic N) is 2. The van der Waals surface area contributed by atoms with E-state index < -0.39 is 0 Å². The molecule has 0 saturated carbocycles. The third-order valence-electron chi connectivity index (χ3n) is 3.63. The molecule has 1 atom stereocenters. The molecule has 116 valence electrons. The first-order chi connectivity index (χ1) is 10.8. The van der Waals surface area contributed by atoms with Gasteiger partial charge >= 0.3 is 0 Å². The Morgan fingerprint density at radius 3 is 3.00 bits per heavy atom. The number of amides is 1. The molecule has 3 rings (SSSR count). The maximum absolute atomic E-state index is 11.9. The Kier molecular flexibility index (Phi) is 4.70. The minimum absolute atomic E-state index is 0.0919. The summed E-state index contributed by atoms with van der Waals surface area (Å²) >= 11 is 0. The van der Waals surface area contributed by atoms with Crippen LogP contribution >= 0.6 is 0 Å². The molecule has 6 nitrogen and oxygen atoms in total. The van der Waals surface area contributed by atoms with E-state index in [1.54, 1.807) is 0 Å². The van der Waals surface area contributed by atoms with Crippen molar-refractivity contribution in [2.75, 3.05) is 25.0 Å². The predicted molar refractivity (Wildman–Crippen MR) is 83.9 cm³/mol. The lowest BCUT2D eigenvalue weighted by atomic mass is 10.3. The quantitative estimate of drug-likeness (QED) is 0.854. The summed E-state index contributed by atoms with van der Waals surface area (Å²) < 4.78 is 7.42. The topological polar surface area (TPSA) is 68.2 Å². The van der Waals surface area contributed by atoms with Gasteiger partial charge in [0.25, 0.3) is 0 Å². The molecule has 2 aromatic rings. The predicted octanol–water partition coefficient (Wildman–Crippen LogP) is 1.83. The second kappa shape index (κ2) is 7.09. The summed E-state index contributed by atoms with van der Waals surface area (Å²) in [5, 5.41) is 10.5. The van der Waals surface area contributed by atoms with Crippen LogP contribution in [0.1, 0.15) is 18.9 Å². The molecular formula is C16H20N4O2. The van der Waals surface area contributed by atoms with E-state index in [1.807, 2.05) is 47.3 Å². The van der Waals surface area contributed by atoms with Gasteiger partial charge in [-0.1, -0.05) is 18.2 Å². The summed E-state index contributed by atoms with van der Waals surface area (Å²) in [7, 11) is 0. The van der Waals surface area contributed by atoms with E-state index in [1.165, 1.54) is 0 Å². The van der Waals surface area contributed by atoms with Gasteiger partial charge in [-0.2, -0.15) is 5.10 Å². The van der Waals surface area contributed by atoms with Crippen LogP contribution in [0.3, 0.4) is 0 Å². The van der Waals surface area contributed by atoms with Crippen molar-refractivity contribution in [3.63, 3.8) is 0 Å². The number of hydrogen-bond donors (Lipinski definition) is 2. The zero-order valence-electron chi connectivity index (χ0n) is 12.4. The number of carbonyl (C=O) groups is 1. The fraction of sp³-hybridized carbons (Fsp3) is 0.375. The van der Waals surface area contributed by atoms with Gasteiger partial charge in [0.1, 0.15) is 5.75 Å². The van der Waals surface area contributed by atoms with Gasteiger partial charge in [-0.25, -0.2) is 0 Å². The number of carbonyl (C=O) groups excluding carboxylic acids is 1. The second-order valence-electron chi connectivity index (χ2n) is 5.29. The second-order valence-corrected chi connectivity index (χ2v) is 5.29. The van der Waals surface area contributed by atoms with Gasteiger partial charge < -0.3 is 15.4 Å². The summed E-state index contributed by atoms with van der Waals surface area (Å²) in [6.45, 7) is 2.30. The lowest BCUT2D eigenvalue weighted by Crippen LogP contribution is -2.17. The molecule has 1 aromatic heterocycles. The van der Waals surface area contributed by atoms with E-state index in [2.05, 4.69) is 15.7 Å². The zero-order chi connectivity index (χ0) is 15.2. The molecule has 1 fully saturated rings. The largest absolute Gasteiger partial charge is 0.493 e. The lowest BCUT2D eigenvalue weighted by molar-refractivity contribution is -0.116. The smallest absolute Gasteiger partial charge is 0.229 e. The van der Waals surface area contributed by atoms with Crippen LogP contribution in [-0.2, 0) is 4.79 Å². The molecule has 0 radical (unpaired) electrons. The molecule has 0 aliphatic carbocycles. The van der Waals surface area contributed by atoms with Crippen molar-refractivity contribution in [3.8, 4) is 5.75 Å². The standard InChI is InChI=1S/C16H20N4O2/c21-16(8-11-22-14-4-2-1-3-5-14)18-15-7-10-20(19-15)13-6-9-17-12-13/h1-5,7,10,13,17H,6,8-9,11-12H2,(H,18,19,21)/t13-/m1/s1. The average Bonchev–Trinajstić information content (AvgIpc) is 3.19. The van der Waals surface area contributed by atoms with Gasteiger partial charge in [-0.15, -0.1) is 0 Å². The summed E-state index contributed by atoms with van der Waals surface area (Å²) in [6.07, 6.45) is 3.28. The van der Waals surface area contributed by atoms with Gasteiger partial charge in [0, 0.05) is 18.8 Å². The highest BCUT2D eigenvalue weighted by molar-refractivity contribution is 5.89. The molecule has 1 aliphatic heterocycles. The Bertz CT molecular complexity index is 606. The van der Waals surface area contributed by atoms with Crippen molar-refractivity contribution in [3.05, 3.63) is 42.6 Å². The third-order valence-corrected chi connectivity index (χ3v) is 3.63.